The Balaban J connectivity index is 1.35. The number of rotatable bonds is 4. The Morgan fingerprint density at radius 3 is 2.90 bits per heavy atom. The van der Waals surface area contributed by atoms with Crippen LogP contribution in [0.1, 0.15) is 27.7 Å². The highest BCUT2D eigenvalue weighted by Gasteiger charge is 2.27. The second-order valence-electron chi connectivity index (χ2n) is 7.17. The molecule has 5 rings (SSSR count). The summed E-state index contributed by atoms with van der Waals surface area (Å²) in [6.45, 7) is 2.10. The third-order valence-electron chi connectivity index (χ3n) is 5.15. The van der Waals surface area contributed by atoms with Gasteiger partial charge >= 0.3 is 0 Å². The number of pyridine rings is 3. The molecule has 4 aromatic rings. The number of hydrogen-bond donors (Lipinski definition) is 0. The van der Waals surface area contributed by atoms with Gasteiger partial charge in [-0.2, -0.15) is 0 Å². The summed E-state index contributed by atoms with van der Waals surface area (Å²) in [4.78, 5) is 32.3. The summed E-state index contributed by atoms with van der Waals surface area (Å²) in [7, 11) is 0. The van der Waals surface area contributed by atoms with Gasteiger partial charge in [-0.1, -0.05) is 12.1 Å². The molecule has 0 spiro atoms. The standard InChI is InChI=1S/C22H20N6O2/c29-22(27-8-9-30-20(14-27)18-5-1-2-7-24-18)17-10-19-21(25-12-17)28(15-26-19)13-16-4-3-6-23-11-16/h1-7,10-12,15,20H,8-9,13-14H2. The lowest BCUT2D eigenvalue weighted by Gasteiger charge is -2.32. The van der Waals surface area contributed by atoms with E-state index >= 15 is 0 Å². The zero-order valence-corrected chi connectivity index (χ0v) is 16.3. The van der Waals surface area contributed by atoms with Crippen molar-refractivity contribution >= 4 is 17.1 Å². The van der Waals surface area contributed by atoms with E-state index in [0.717, 1.165) is 16.9 Å². The lowest BCUT2D eigenvalue weighted by atomic mass is 10.1. The predicted molar refractivity (Wildman–Crippen MR) is 110 cm³/mol. The van der Waals surface area contributed by atoms with Crippen LogP contribution in [0.4, 0.5) is 0 Å². The first-order chi connectivity index (χ1) is 14.8. The molecule has 1 saturated heterocycles. The fourth-order valence-electron chi connectivity index (χ4n) is 3.63. The van der Waals surface area contributed by atoms with E-state index in [2.05, 4.69) is 19.9 Å². The third-order valence-corrected chi connectivity index (χ3v) is 5.15. The number of aromatic nitrogens is 5. The van der Waals surface area contributed by atoms with Gasteiger partial charge in [0.15, 0.2) is 5.65 Å². The number of fused-ring (bicyclic) bond motifs is 1. The van der Waals surface area contributed by atoms with Crippen LogP contribution >= 0.6 is 0 Å². The molecule has 5 heterocycles. The van der Waals surface area contributed by atoms with Crippen LogP contribution in [-0.4, -0.2) is 55.0 Å². The number of imidazole rings is 1. The van der Waals surface area contributed by atoms with Gasteiger partial charge in [0.1, 0.15) is 11.6 Å². The summed E-state index contributed by atoms with van der Waals surface area (Å²) in [6.07, 6.45) is 8.44. The molecule has 0 aliphatic carbocycles. The van der Waals surface area contributed by atoms with Gasteiger partial charge < -0.3 is 14.2 Å². The Labute approximate surface area is 173 Å². The van der Waals surface area contributed by atoms with E-state index in [1.54, 1.807) is 35.9 Å². The van der Waals surface area contributed by atoms with Crippen molar-refractivity contribution in [1.82, 2.24) is 29.4 Å². The molecule has 1 amide bonds. The van der Waals surface area contributed by atoms with Gasteiger partial charge in [-0.25, -0.2) is 9.97 Å². The van der Waals surface area contributed by atoms with E-state index in [9.17, 15) is 4.79 Å². The maximum absolute atomic E-state index is 13.1. The van der Waals surface area contributed by atoms with Gasteiger partial charge in [-0.15, -0.1) is 0 Å². The first-order valence-corrected chi connectivity index (χ1v) is 9.79. The molecule has 1 aliphatic heterocycles. The summed E-state index contributed by atoms with van der Waals surface area (Å²) >= 11 is 0. The molecular weight excluding hydrogens is 380 g/mol. The van der Waals surface area contributed by atoms with Crippen LogP contribution < -0.4 is 0 Å². The molecule has 1 aliphatic rings. The molecule has 1 unspecified atom stereocenters. The SMILES string of the molecule is O=C(c1cnc2c(c1)ncn2Cc1cccnc1)N1CCOC(c2ccccn2)C1. The van der Waals surface area contributed by atoms with E-state index in [4.69, 9.17) is 4.74 Å². The molecule has 0 saturated carbocycles. The number of carbonyl (C=O) groups is 1. The number of carbonyl (C=O) groups excluding carboxylic acids is 1. The Hall–Kier alpha value is -3.65. The average molecular weight is 400 g/mol. The van der Waals surface area contributed by atoms with E-state index in [0.29, 0.717) is 37.3 Å². The highest BCUT2D eigenvalue weighted by molar-refractivity contribution is 5.96. The van der Waals surface area contributed by atoms with Gasteiger partial charge in [0, 0.05) is 31.3 Å². The second-order valence-corrected chi connectivity index (χ2v) is 7.17. The first kappa shape index (κ1) is 18.4. The minimum Gasteiger partial charge on any atom is -0.368 e. The molecule has 0 bridgehead atoms. The van der Waals surface area contributed by atoms with E-state index < -0.39 is 0 Å². The molecule has 8 heteroatoms. The van der Waals surface area contributed by atoms with Crippen LogP contribution in [0.2, 0.25) is 0 Å². The maximum atomic E-state index is 13.1. The normalized spacial score (nSPS) is 16.7. The predicted octanol–water partition coefficient (Wildman–Crippen LogP) is 2.48. The Kier molecular flexibility index (Phi) is 4.90. The molecule has 0 N–H and O–H groups in total. The molecule has 4 aromatic heterocycles. The number of ether oxygens (including phenoxy) is 1. The third kappa shape index (κ3) is 3.65. The molecular formula is C22H20N6O2. The zero-order valence-electron chi connectivity index (χ0n) is 16.3. The number of amides is 1. The molecule has 1 fully saturated rings. The van der Waals surface area contributed by atoms with Gasteiger partial charge in [0.25, 0.3) is 5.91 Å². The molecule has 8 nitrogen and oxygen atoms in total. The lowest BCUT2D eigenvalue weighted by Crippen LogP contribution is -2.42. The van der Waals surface area contributed by atoms with Crippen molar-refractivity contribution in [1.29, 1.82) is 0 Å². The van der Waals surface area contributed by atoms with Gasteiger partial charge in [0.05, 0.1) is 37.3 Å². The van der Waals surface area contributed by atoms with Gasteiger partial charge in [0.2, 0.25) is 0 Å². The summed E-state index contributed by atoms with van der Waals surface area (Å²) in [5.74, 6) is -0.0737. The summed E-state index contributed by atoms with van der Waals surface area (Å²) in [6, 6.07) is 11.4. The van der Waals surface area contributed by atoms with E-state index in [1.807, 2.05) is 41.1 Å². The topological polar surface area (TPSA) is 86.0 Å². The van der Waals surface area contributed by atoms with Crippen molar-refractivity contribution in [2.24, 2.45) is 0 Å². The summed E-state index contributed by atoms with van der Waals surface area (Å²) in [5.41, 5.74) is 3.85. The Morgan fingerprint density at radius 2 is 2.07 bits per heavy atom. The highest BCUT2D eigenvalue weighted by Crippen LogP contribution is 2.22. The van der Waals surface area contributed by atoms with Crippen LogP contribution in [0.3, 0.4) is 0 Å². The maximum Gasteiger partial charge on any atom is 0.255 e. The summed E-state index contributed by atoms with van der Waals surface area (Å²) in [5, 5.41) is 0. The van der Waals surface area contributed by atoms with Crippen molar-refractivity contribution < 1.29 is 9.53 Å². The number of hydrogen-bond acceptors (Lipinski definition) is 6. The zero-order chi connectivity index (χ0) is 20.3. The first-order valence-electron chi connectivity index (χ1n) is 9.79. The van der Waals surface area contributed by atoms with Crippen LogP contribution in [0.5, 0.6) is 0 Å². The summed E-state index contributed by atoms with van der Waals surface area (Å²) < 4.78 is 7.77. The Bertz CT molecular complexity index is 1160. The van der Waals surface area contributed by atoms with Gasteiger partial charge in [-0.3, -0.25) is 14.8 Å². The number of morpholine rings is 1. The van der Waals surface area contributed by atoms with Crippen molar-refractivity contribution in [3.63, 3.8) is 0 Å². The van der Waals surface area contributed by atoms with Crippen molar-refractivity contribution in [3.8, 4) is 0 Å². The monoisotopic (exact) mass is 400 g/mol. The van der Waals surface area contributed by atoms with Crippen LogP contribution in [0, 0.1) is 0 Å². The molecule has 0 aromatic carbocycles. The van der Waals surface area contributed by atoms with Crippen molar-refractivity contribution in [2.75, 3.05) is 19.7 Å². The van der Waals surface area contributed by atoms with Gasteiger partial charge in [-0.05, 0) is 29.8 Å². The molecule has 0 radical (unpaired) electrons. The minimum atomic E-state index is -0.223. The van der Waals surface area contributed by atoms with E-state index in [-0.39, 0.29) is 12.0 Å². The van der Waals surface area contributed by atoms with Crippen molar-refractivity contribution in [2.45, 2.75) is 12.6 Å². The number of nitrogens with zero attached hydrogens (tertiary/aromatic N) is 6. The van der Waals surface area contributed by atoms with E-state index in [1.165, 1.54) is 0 Å². The smallest absolute Gasteiger partial charge is 0.255 e. The minimum absolute atomic E-state index is 0.0737. The quantitative estimate of drug-likeness (QED) is 0.523. The second kappa shape index (κ2) is 8.00. The van der Waals surface area contributed by atoms with Crippen LogP contribution in [0.15, 0.2) is 67.5 Å². The largest absolute Gasteiger partial charge is 0.368 e. The highest BCUT2D eigenvalue weighted by atomic mass is 16.5. The van der Waals surface area contributed by atoms with Crippen LogP contribution in [-0.2, 0) is 11.3 Å². The Morgan fingerprint density at radius 1 is 1.10 bits per heavy atom. The fraction of sp³-hybridized carbons (Fsp3) is 0.227. The molecule has 150 valence electrons. The van der Waals surface area contributed by atoms with Crippen LogP contribution in [0.25, 0.3) is 11.2 Å². The fourth-order valence-corrected chi connectivity index (χ4v) is 3.63. The molecule has 30 heavy (non-hydrogen) atoms. The van der Waals surface area contributed by atoms with Crippen molar-refractivity contribution in [3.05, 3.63) is 84.3 Å². The lowest BCUT2D eigenvalue weighted by molar-refractivity contribution is -0.0247. The molecule has 1 atom stereocenters. The average Bonchev–Trinajstić information content (AvgIpc) is 3.22.